The molecule has 0 aliphatic heterocycles. The van der Waals surface area contributed by atoms with Gasteiger partial charge < -0.3 is 5.11 Å². The molecule has 2 aromatic heterocycles. The van der Waals surface area contributed by atoms with E-state index in [-0.39, 0.29) is 5.82 Å². The first-order chi connectivity index (χ1) is 10.2. The Hall–Kier alpha value is -2.53. The van der Waals surface area contributed by atoms with Gasteiger partial charge in [-0.25, -0.2) is 4.39 Å². The second kappa shape index (κ2) is 5.46. The Labute approximate surface area is 121 Å². The summed E-state index contributed by atoms with van der Waals surface area (Å²) in [7, 11) is 0. The number of benzene rings is 1. The molecule has 4 nitrogen and oxygen atoms in total. The second-order valence-corrected chi connectivity index (χ2v) is 4.80. The van der Waals surface area contributed by atoms with Crippen LogP contribution in [0.3, 0.4) is 0 Å². The molecule has 0 fully saturated rings. The van der Waals surface area contributed by atoms with Crippen LogP contribution in [0.5, 0.6) is 0 Å². The van der Waals surface area contributed by atoms with Crippen LogP contribution in [0.25, 0.3) is 11.1 Å². The summed E-state index contributed by atoms with van der Waals surface area (Å²) in [5.41, 5.74) is 3.50. The molecule has 0 saturated heterocycles. The van der Waals surface area contributed by atoms with Crippen molar-refractivity contribution in [1.82, 2.24) is 15.2 Å². The standard InChI is InChI=1S/C16H14FN3O/c1-10-14(11-5-7-18-8-6-11)15(20-19-10)16(21)12-3-2-4-13(17)9-12/h2-9,16,21H,1H3,(H,19,20). The van der Waals surface area contributed by atoms with Crippen LogP contribution in [0, 0.1) is 12.7 Å². The molecule has 1 atom stereocenters. The number of aliphatic hydroxyl groups is 1. The summed E-state index contributed by atoms with van der Waals surface area (Å²) in [5, 5.41) is 17.6. The van der Waals surface area contributed by atoms with E-state index < -0.39 is 6.10 Å². The van der Waals surface area contributed by atoms with Crippen molar-refractivity contribution in [3.63, 3.8) is 0 Å². The normalized spacial score (nSPS) is 12.3. The van der Waals surface area contributed by atoms with Crippen molar-refractivity contribution < 1.29 is 9.50 Å². The Kier molecular flexibility index (Phi) is 3.50. The van der Waals surface area contributed by atoms with Crippen LogP contribution in [0.4, 0.5) is 4.39 Å². The first-order valence-electron chi connectivity index (χ1n) is 6.55. The second-order valence-electron chi connectivity index (χ2n) is 4.80. The van der Waals surface area contributed by atoms with Crippen molar-refractivity contribution in [1.29, 1.82) is 0 Å². The number of aliphatic hydroxyl groups excluding tert-OH is 1. The number of pyridine rings is 1. The molecular weight excluding hydrogens is 269 g/mol. The third-order valence-electron chi connectivity index (χ3n) is 3.37. The zero-order valence-corrected chi connectivity index (χ0v) is 11.4. The van der Waals surface area contributed by atoms with Crippen molar-refractivity contribution in [3.05, 3.63) is 71.6 Å². The molecule has 1 aromatic carbocycles. The summed E-state index contributed by atoms with van der Waals surface area (Å²) in [4.78, 5) is 3.99. The Morgan fingerprint density at radius 1 is 1.19 bits per heavy atom. The number of rotatable bonds is 3. The highest BCUT2D eigenvalue weighted by molar-refractivity contribution is 5.69. The van der Waals surface area contributed by atoms with Gasteiger partial charge in [-0.1, -0.05) is 12.1 Å². The fourth-order valence-corrected chi connectivity index (χ4v) is 2.36. The number of H-pyrrole nitrogens is 1. The fourth-order valence-electron chi connectivity index (χ4n) is 2.36. The van der Waals surface area contributed by atoms with E-state index in [0.717, 1.165) is 16.8 Å². The molecule has 3 rings (SSSR count). The van der Waals surface area contributed by atoms with Gasteiger partial charge >= 0.3 is 0 Å². The van der Waals surface area contributed by atoms with Crippen molar-refractivity contribution in [2.24, 2.45) is 0 Å². The number of halogens is 1. The number of hydrogen-bond donors (Lipinski definition) is 2. The van der Waals surface area contributed by atoms with Crippen molar-refractivity contribution in [3.8, 4) is 11.1 Å². The van der Waals surface area contributed by atoms with E-state index >= 15 is 0 Å². The summed E-state index contributed by atoms with van der Waals surface area (Å²) in [5.74, 6) is -0.385. The maximum atomic E-state index is 13.3. The van der Waals surface area contributed by atoms with Crippen LogP contribution in [0.2, 0.25) is 0 Å². The molecule has 0 aliphatic carbocycles. The molecule has 5 heteroatoms. The SMILES string of the molecule is Cc1[nH]nc(C(O)c2cccc(F)c2)c1-c1ccncc1. The van der Waals surface area contributed by atoms with Crippen LogP contribution in [-0.4, -0.2) is 20.3 Å². The molecule has 3 aromatic rings. The van der Waals surface area contributed by atoms with E-state index in [4.69, 9.17) is 0 Å². The molecule has 0 bridgehead atoms. The van der Waals surface area contributed by atoms with Crippen molar-refractivity contribution in [2.45, 2.75) is 13.0 Å². The summed E-state index contributed by atoms with van der Waals surface area (Å²) in [6.07, 6.45) is 2.37. The Morgan fingerprint density at radius 2 is 1.95 bits per heavy atom. The van der Waals surface area contributed by atoms with Gasteiger partial charge in [0, 0.05) is 23.7 Å². The summed E-state index contributed by atoms with van der Waals surface area (Å²) in [6, 6.07) is 9.59. The third kappa shape index (κ3) is 2.55. The van der Waals surface area contributed by atoms with E-state index in [2.05, 4.69) is 15.2 Å². The van der Waals surface area contributed by atoms with Gasteiger partial charge in [-0.15, -0.1) is 0 Å². The van der Waals surface area contributed by atoms with Crippen LogP contribution in [0.15, 0.2) is 48.8 Å². The summed E-state index contributed by atoms with van der Waals surface area (Å²) in [6.45, 7) is 1.88. The van der Waals surface area contributed by atoms with Crippen LogP contribution in [-0.2, 0) is 0 Å². The number of aromatic amines is 1. The molecule has 0 aliphatic rings. The van der Waals surface area contributed by atoms with Crippen LogP contribution in [0.1, 0.15) is 23.1 Å². The maximum absolute atomic E-state index is 13.3. The first-order valence-corrected chi connectivity index (χ1v) is 6.55. The topological polar surface area (TPSA) is 61.8 Å². The molecule has 0 amide bonds. The lowest BCUT2D eigenvalue weighted by molar-refractivity contribution is 0.215. The minimum atomic E-state index is -0.992. The van der Waals surface area contributed by atoms with E-state index in [1.807, 2.05) is 19.1 Å². The lowest BCUT2D eigenvalue weighted by Crippen LogP contribution is -2.02. The molecule has 2 heterocycles. The highest BCUT2D eigenvalue weighted by Crippen LogP contribution is 2.32. The lowest BCUT2D eigenvalue weighted by atomic mass is 9.98. The monoisotopic (exact) mass is 283 g/mol. The largest absolute Gasteiger partial charge is 0.382 e. The zero-order chi connectivity index (χ0) is 14.8. The maximum Gasteiger partial charge on any atom is 0.124 e. The third-order valence-corrected chi connectivity index (χ3v) is 3.37. The Balaban J connectivity index is 2.08. The Bertz CT molecular complexity index is 755. The van der Waals surface area contributed by atoms with E-state index in [0.29, 0.717) is 11.3 Å². The highest BCUT2D eigenvalue weighted by atomic mass is 19.1. The average molecular weight is 283 g/mol. The molecular formula is C16H14FN3O. The van der Waals surface area contributed by atoms with Gasteiger partial charge in [0.1, 0.15) is 17.6 Å². The Morgan fingerprint density at radius 3 is 2.67 bits per heavy atom. The smallest absolute Gasteiger partial charge is 0.124 e. The highest BCUT2D eigenvalue weighted by Gasteiger charge is 2.21. The number of aryl methyl sites for hydroxylation is 1. The van der Waals surface area contributed by atoms with Gasteiger partial charge in [0.15, 0.2) is 0 Å². The van der Waals surface area contributed by atoms with Crippen molar-refractivity contribution in [2.75, 3.05) is 0 Å². The van der Waals surface area contributed by atoms with Crippen molar-refractivity contribution >= 4 is 0 Å². The first kappa shape index (κ1) is 13.5. The van der Waals surface area contributed by atoms with Gasteiger partial charge in [-0.05, 0) is 42.3 Å². The van der Waals surface area contributed by atoms with Gasteiger partial charge in [-0.3, -0.25) is 10.1 Å². The minimum absolute atomic E-state index is 0.385. The van der Waals surface area contributed by atoms with Gasteiger partial charge in [0.05, 0.1) is 0 Å². The number of nitrogens with one attached hydrogen (secondary N) is 1. The molecule has 0 spiro atoms. The summed E-state index contributed by atoms with van der Waals surface area (Å²) < 4.78 is 13.3. The van der Waals surface area contributed by atoms with Gasteiger partial charge in [0.25, 0.3) is 0 Å². The van der Waals surface area contributed by atoms with Gasteiger partial charge in [0.2, 0.25) is 0 Å². The minimum Gasteiger partial charge on any atom is -0.382 e. The molecule has 21 heavy (non-hydrogen) atoms. The number of nitrogens with zero attached hydrogens (tertiary/aromatic N) is 2. The zero-order valence-electron chi connectivity index (χ0n) is 11.4. The molecule has 2 N–H and O–H groups in total. The predicted molar refractivity (Wildman–Crippen MR) is 77.0 cm³/mol. The fraction of sp³-hybridized carbons (Fsp3) is 0.125. The quantitative estimate of drug-likeness (QED) is 0.776. The van der Waals surface area contributed by atoms with E-state index in [1.165, 1.54) is 12.1 Å². The van der Waals surface area contributed by atoms with E-state index in [9.17, 15) is 9.50 Å². The number of hydrogen-bond acceptors (Lipinski definition) is 3. The van der Waals surface area contributed by atoms with Gasteiger partial charge in [-0.2, -0.15) is 5.10 Å². The molecule has 1 unspecified atom stereocenters. The number of aromatic nitrogens is 3. The average Bonchev–Trinajstić information content (AvgIpc) is 2.89. The molecule has 0 saturated carbocycles. The molecule has 0 radical (unpaired) electrons. The predicted octanol–water partition coefficient (Wildman–Crippen LogP) is 3.00. The van der Waals surface area contributed by atoms with Crippen LogP contribution >= 0.6 is 0 Å². The van der Waals surface area contributed by atoms with E-state index in [1.54, 1.807) is 24.5 Å². The molecule has 106 valence electrons. The lowest BCUT2D eigenvalue weighted by Gasteiger charge is -2.11. The summed E-state index contributed by atoms with van der Waals surface area (Å²) >= 11 is 0. The van der Waals surface area contributed by atoms with Crippen LogP contribution < -0.4 is 0 Å².